The van der Waals surface area contributed by atoms with Crippen molar-refractivity contribution in [2.75, 3.05) is 0 Å². The molecule has 2 heteroatoms. The van der Waals surface area contributed by atoms with Crippen molar-refractivity contribution in [2.45, 2.75) is 10.8 Å². The molecule has 1 aromatic rings. The predicted molar refractivity (Wildman–Crippen MR) is 43.3 cm³/mol. The Balaban J connectivity index is 3.01. The minimum Gasteiger partial charge on any atom is -0.143 e. The van der Waals surface area contributed by atoms with Gasteiger partial charge >= 0.3 is 0 Å². The molecule has 0 amide bonds. The van der Waals surface area contributed by atoms with Gasteiger partial charge in [0.05, 0.1) is 0 Å². The maximum atomic E-state index is 5.58. The molecular formula is C7H7ClS. The van der Waals surface area contributed by atoms with Crippen LogP contribution in [-0.4, -0.2) is 0 Å². The summed E-state index contributed by atoms with van der Waals surface area (Å²) in [4.78, 5) is 0.965. The number of rotatable bonds is 1. The van der Waals surface area contributed by atoms with Crippen LogP contribution in [0.5, 0.6) is 0 Å². The van der Waals surface area contributed by atoms with Gasteiger partial charge in [-0.3, -0.25) is 0 Å². The Bertz CT molecular complexity index is 198. The van der Waals surface area contributed by atoms with Crippen molar-refractivity contribution in [3.8, 4) is 0 Å². The van der Waals surface area contributed by atoms with Crippen LogP contribution in [0.25, 0.3) is 0 Å². The molecule has 0 nitrogen and oxygen atoms in total. The Morgan fingerprint density at radius 3 is 2.44 bits per heavy atom. The minimum atomic E-state index is 0.541. The third-order valence-corrected chi connectivity index (χ3v) is 1.86. The molecule has 0 aliphatic heterocycles. The first-order valence-corrected chi connectivity index (χ1v) is 3.65. The molecule has 9 heavy (non-hydrogen) atoms. The van der Waals surface area contributed by atoms with E-state index in [9.17, 15) is 0 Å². The molecule has 0 bridgehead atoms. The van der Waals surface area contributed by atoms with Crippen LogP contribution >= 0.6 is 24.2 Å². The molecule has 0 aliphatic carbocycles. The van der Waals surface area contributed by atoms with Gasteiger partial charge in [0.1, 0.15) is 0 Å². The monoisotopic (exact) mass is 158 g/mol. The molecule has 0 atom stereocenters. The van der Waals surface area contributed by atoms with Gasteiger partial charge in [0.25, 0.3) is 0 Å². The van der Waals surface area contributed by atoms with E-state index in [0.29, 0.717) is 5.88 Å². The second kappa shape index (κ2) is 3.14. The van der Waals surface area contributed by atoms with Crippen LogP contribution in [0.1, 0.15) is 5.56 Å². The number of halogens is 1. The van der Waals surface area contributed by atoms with Gasteiger partial charge in [-0.25, -0.2) is 0 Å². The van der Waals surface area contributed by atoms with E-state index in [-0.39, 0.29) is 0 Å². The highest BCUT2D eigenvalue weighted by atomic mass is 35.5. The Morgan fingerprint density at radius 1 is 1.33 bits per heavy atom. The standard InChI is InChI=1S/C7H7ClS/c8-5-6-3-1-2-4-7(6)9/h1-4,9H,5H2. The maximum Gasteiger partial charge on any atom is 0.0485 e. The van der Waals surface area contributed by atoms with Crippen LogP contribution in [0.3, 0.4) is 0 Å². The third-order valence-electron chi connectivity index (χ3n) is 1.14. The second-order valence-corrected chi connectivity index (χ2v) is 2.51. The van der Waals surface area contributed by atoms with Gasteiger partial charge in [-0.05, 0) is 11.6 Å². The molecule has 0 N–H and O–H groups in total. The molecule has 0 fully saturated rings. The van der Waals surface area contributed by atoms with Crippen LogP contribution in [0, 0.1) is 0 Å². The van der Waals surface area contributed by atoms with Gasteiger partial charge in [0.15, 0.2) is 0 Å². The van der Waals surface area contributed by atoms with E-state index in [1.54, 1.807) is 0 Å². The lowest BCUT2D eigenvalue weighted by Gasteiger charge is -1.96. The molecule has 1 aromatic carbocycles. The fraction of sp³-hybridized carbons (Fsp3) is 0.143. The summed E-state index contributed by atoms with van der Waals surface area (Å²) >= 11 is 9.78. The first-order valence-electron chi connectivity index (χ1n) is 2.67. The average molecular weight is 159 g/mol. The maximum absolute atomic E-state index is 5.58. The van der Waals surface area contributed by atoms with E-state index in [0.717, 1.165) is 10.5 Å². The van der Waals surface area contributed by atoms with Gasteiger partial charge in [-0.1, -0.05) is 18.2 Å². The van der Waals surface area contributed by atoms with E-state index < -0.39 is 0 Å². The number of hydrogen-bond acceptors (Lipinski definition) is 1. The van der Waals surface area contributed by atoms with Crippen LogP contribution in [-0.2, 0) is 5.88 Å². The van der Waals surface area contributed by atoms with E-state index in [4.69, 9.17) is 11.6 Å². The zero-order chi connectivity index (χ0) is 6.69. The zero-order valence-electron chi connectivity index (χ0n) is 4.84. The van der Waals surface area contributed by atoms with Crippen molar-refractivity contribution in [1.29, 1.82) is 0 Å². The van der Waals surface area contributed by atoms with Crippen molar-refractivity contribution in [2.24, 2.45) is 0 Å². The summed E-state index contributed by atoms with van der Waals surface area (Å²) in [6, 6.07) is 7.80. The molecule has 0 aromatic heterocycles. The van der Waals surface area contributed by atoms with E-state index >= 15 is 0 Å². The molecule has 48 valence electrons. The number of thiol groups is 1. The lowest BCUT2D eigenvalue weighted by atomic mass is 10.2. The largest absolute Gasteiger partial charge is 0.143 e. The fourth-order valence-corrected chi connectivity index (χ4v) is 1.19. The summed E-state index contributed by atoms with van der Waals surface area (Å²) < 4.78 is 0. The first-order chi connectivity index (χ1) is 4.34. The normalized spacial score (nSPS) is 9.56. The van der Waals surface area contributed by atoms with Crippen molar-refractivity contribution in [3.05, 3.63) is 29.8 Å². The molecular weight excluding hydrogens is 152 g/mol. The predicted octanol–water partition coefficient (Wildman–Crippen LogP) is 2.71. The Kier molecular flexibility index (Phi) is 2.43. The summed E-state index contributed by atoms with van der Waals surface area (Å²) in [7, 11) is 0. The van der Waals surface area contributed by atoms with Crippen LogP contribution in [0.4, 0.5) is 0 Å². The minimum absolute atomic E-state index is 0.541. The molecule has 1 rings (SSSR count). The van der Waals surface area contributed by atoms with Gasteiger partial charge < -0.3 is 0 Å². The Morgan fingerprint density at radius 2 is 2.00 bits per heavy atom. The summed E-state index contributed by atoms with van der Waals surface area (Å²) in [6.45, 7) is 0. The lowest BCUT2D eigenvalue weighted by molar-refractivity contribution is 1.27. The Labute approximate surface area is 65.3 Å². The van der Waals surface area contributed by atoms with E-state index in [2.05, 4.69) is 12.6 Å². The first kappa shape index (κ1) is 6.97. The van der Waals surface area contributed by atoms with Gasteiger partial charge in [-0.2, -0.15) is 0 Å². The third kappa shape index (κ3) is 1.63. The number of benzene rings is 1. The topological polar surface area (TPSA) is 0 Å². The molecule has 0 unspecified atom stereocenters. The highest BCUT2D eigenvalue weighted by Gasteiger charge is 1.91. The fourth-order valence-electron chi connectivity index (χ4n) is 0.624. The molecule has 0 heterocycles. The molecule has 0 aliphatic rings. The molecule has 0 radical (unpaired) electrons. The smallest absolute Gasteiger partial charge is 0.0485 e. The van der Waals surface area contributed by atoms with E-state index in [1.807, 2.05) is 24.3 Å². The van der Waals surface area contributed by atoms with Crippen LogP contribution < -0.4 is 0 Å². The van der Waals surface area contributed by atoms with Crippen LogP contribution in [0.15, 0.2) is 29.2 Å². The van der Waals surface area contributed by atoms with Gasteiger partial charge in [0.2, 0.25) is 0 Å². The molecule has 0 saturated heterocycles. The average Bonchev–Trinajstić information content (AvgIpc) is 1.89. The summed E-state index contributed by atoms with van der Waals surface area (Å²) in [5, 5.41) is 0. The Hall–Kier alpha value is -0.140. The van der Waals surface area contributed by atoms with Crippen molar-refractivity contribution in [1.82, 2.24) is 0 Å². The number of alkyl halides is 1. The second-order valence-electron chi connectivity index (χ2n) is 1.76. The summed E-state index contributed by atoms with van der Waals surface area (Å²) in [6.07, 6.45) is 0. The van der Waals surface area contributed by atoms with Crippen molar-refractivity contribution in [3.63, 3.8) is 0 Å². The summed E-state index contributed by atoms with van der Waals surface area (Å²) in [5.74, 6) is 0.541. The van der Waals surface area contributed by atoms with Gasteiger partial charge in [-0.15, -0.1) is 24.2 Å². The number of hydrogen-bond donors (Lipinski definition) is 1. The SMILES string of the molecule is Sc1ccccc1CCl. The van der Waals surface area contributed by atoms with Gasteiger partial charge in [0, 0.05) is 10.8 Å². The van der Waals surface area contributed by atoms with Crippen molar-refractivity contribution >= 4 is 24.2 Å². The van der Waals surface area contributed by atoms with Crippen LogP contribution in [0.2, 0.25) is 0 Å². The van der Waals surface area contributed by atoms with Crippen molar-refractivity contribution < 1.29 is 0 Å². The lowest BCUT2D eigenvalue weighted by Crippen LogP contribution is -1.77. The summed E-state index contributed by atoms with van der Waals surface area (Å²) in [5.41, 5.74) is 1.09. The quantitative estimate of drug-likeness (QED) is 0.472. The highest BCUT2D eigenvalue weighted by Crippen LogP contribution is 2.14. The zero-order valence-corrected chi connectivity index (χ0v) is 6.49. The highest BCUT2D eigenvalue weighted by molar-refractivity contribution is 7.80. The molecule has 0 spiro atoms. The molecule has 0 saturated carbocycles. The van der Waals surface area contributed by atoms with E-state index in [1.165, 1.54) is 0 Å².